The molecule has 19 heavy (non-hydrogen) atoms. The minimum absolute atomic E-state index is 0.0201. The van der Waals surface area contributed by atoms with Gasteiger partial charge in [-0.3, -0.25) is 9.48 Å². The van der Waals surface area contributed by atoms with E-state index in [1.165, 1.54) is 17.1 Å². The normalized spacial score (nSPS) is 13.4. The molecule has 0 saturated heterocycles. The van der Waals surface area contributed by atoms with Crippen molar-refractivity contribution >= 4 is 5.91 Å². The number of halogens is 3. The fraction of sp³-hybridized carbons (Fsp3) is 0.636. The number of hydrogen-bond donors (Lipinski definition) is 1. The number of alkyl halides is 3. The standard InChI is InChI=1S/C11H17F3N4O/c1-3-4-18(7-11(12,13)14)10(19)9(15)8-5-16-17(2)6-8/h5-6,9H,3-4,7,15H2,1-2H3. The molecule has 5 nitrogen and oxygen atoms in total. The smallest absolute Gasteiger partial charge is 0.332 e. The summed E-state index contributed by atoms with van der Waals surface area (Å²) in [5, 5.41) is 3.84. The van der Waals surface area contributed by atoms with Crippen LogP contribution < -0.4 is 5.73 Å². The largest absolute Gasteiger partial charge is 0.406 e. The number of nitrogens with zero attached hydrogens (tertiary/aromatic N) is 3. The van der Waals surface area contributed by atoms with Crippen LogP contribution in [-0.4, -0.2) is 39.9 Å². The maximum Gasteiger partial charge on any atom is 0.406 e. The highest BCUT2D eigenvalue weighted by Gasteiger charge is 2.34. The summed E-state index contributed by atoms with van der Waals surface area (Å²) in [6, 6.07) is -1.12. The third-order valence-electron chi connectivity index (χ3n) is 2.53. The van der Waals surface area contributed by atoms with Gasteiger partial charge in [-0.15, -0.1) is 0 Å². The lowest BCUT2D eigenvalue weighted by Crippen LogP contribution is -2.44. The molecule has 1 heterocycles. The highest BCUT2D eigenvalue weighted by Crippen LogP contribution is 2.20. The van der Waals surface area contributed by atoms with Crippen molar-refractivity contribution in [3.8, 4) is 0 Å². The fourth-order valence-corrected chi connectivity index (χ4v) is 1.69. The topological polar surface area (TPSA) is 64.2 Å². The van der Waals surface area contributed by atoms with Gasteiger partial charge in [-0.05, 0) is 6.42 Å². The van der Waals surface area contributed by atoms with E-state index in [-0.39, 0.29) is 6.54 Å². The number of nitrogens with two attached hydrogens (primary N) is 1. The molecule has 108 valence electrons. The van der Waals surface area contributed by atoms with Crippen molar-refractivity contribution < 1.29 is 18.0 Å². The number of amides is 1. The minimum Gasteiger partial charge on any atom is -0.332 e. The van der Waals surface area contributed by atoms with Gasteiger partial charge in [0.25, 0.3) is 0 Å². The molecule has 0 saturated carbocycles. The predicted molar refractivity (Wildman–Crippen MR) is 63.1 cm³/mol. The summed E-state index contributed by atoms with van der Waals surface area (Å²) in [6.45, 7) is 0.437. The Bertz CT molecular complexity index is 430. The van der Waals surface area contributed by atoms with Gasteiger partial charge in [-0.1, -0.05) is 6.92 Å². The van der Waals surface area contributed by atoms with E-state index < -0.39 is 24.7 Å². The molecule has 1 unspecified atom stereocenters. The van der Waals surface area contributed by atoms with Crippen molar-refractivity contribution in [1.82, 2.24) is 14.7 Å². The zero-order chi connectivity index (χ0) is 14.6. The highest BCUT2D eigenvalue weighted by molar-refractivity contribution is 5.83. The Balaban J connectivity index is 2.81. The number of hydrogen-bond acceptors (Lipinski definition) is 3. The Morgan fingerprint density at radius 2 is 2.21 bits per heavy atom. The summed E-state index contributed by atoms with van der Waals surface area (Å²) in [6.07, 6.45) is -1.11. The van der Waals surface area contributed by atoms with Crippen LogP contribution in [0.1, 0.15) is 24.9 Å². The number of carbonyl (C=O) groups excluding carboxylic acids is 1. The van der Waals surface area contributed by atoms with Crippen molar-refractivity contribution in [2.45, 2.75) is 25.6 Å². The molecule has 0 fully saturated rings. The van der Waals surface area contributed by atoms with Gasteiger partial charge in [0.1, 0.15) is 12.6 Å². The molecule has 0 aliphatic heterocycles. The average Bonchev–Trinajstić information content (AvgIpc) is 2.71. The molecule has 0 spiro atoms. The predicted octanol–water partition coefficient (Wildman–Crippen LogP) is 1.22. The van der Waals surface area contributed by atoms with Crippen LogP contribution in [0.5, 0.6) is 0 Å². The fourth-order valence-electron chi connectivity index (χ4n) is 1.69. The van der Waals surface area contributed by atoms with Crippen LogP contribution in [0.15, 0.2) is 12.4 Å². The summed E-state index contributed by atoms with van der Waals surface area (Å²) in [5.74, 6) is -0.743. The third kappa shape index (κ3) is 4.55. The van der Waals surface area contributed by atoms with Gasteiger partial charge in [-0.2, -0.15) is 18.3 Å². The molecule has 1 rings (SSSR count). The molecule has 0 aliphatic rings. The zero-order valence-corrected chi connectivity index (χ0v) is 10.8. The molecule has 0 aliphatic carbocycles. The van der Waals surface area contributed by atoms with E-state index in [1.807, 2.05) is 0 Å². The molecule has 1 amide bonds. The van der Waals surface area contributed by atoms with E-state index in [0.29, 0.717) is 12.0 Å². The lowest BCUT2D eigenvalue weighted by atomic mass is 10.1. The molecular weight excluding hydrogens is 261 g/mol. The third-order valence-corrected chi connectivity index (χ3v) is 2.53. The van der Waals surface area contributed by atoms with E-state index in [4.69, 9.17) is 5.73 Å². The van der Waals surface area contributed by atoms with Gasteiger partial charge < -0.3 is 10.6 Å². The first-order valence-electron chi connectivity index (χ1n) is 5.84. The van der Waals surface area contributed by atoms with E-state index >= 15 is 0 Å². The van der Waals surface area contributed by atoms with Gasteiger partial charge in [-0.25, -0.2) is 0 Å². The molecule has 0 aromatic carbocycles. The second-order valence-corrected chi connectivity index (χ2v) is 4.30. The maximum absolute atomic E-state index is 12.4. The molecule has 0 bridgehead atoms. The molecule has 0 radical (unpaired) electrons. The van der Waals surface area contributed by atoms with Crippen LogP contribution in [0.2, 0.25) is 0 Å². The summed E-state index contributed by atoms with van der Waals surface area (Å²) >= 11 is 0. The van der Waals surface area contributed by atoms with Crippen molar-refractivity contribution in [2.75, 3.05) is 13.1 Å². The number of aromatic nitrogens is 2. The molecule has 1 aromatic heterocycles. The van der Waals surface area contributed by atoms with Gasteiger partial charge in [0.2, 0.25) is 5.91 Å². The minimum atomic E-state index is -4.43. The molecule has 2 N–H and O–H groups in total. The van der Waals surface area contributed by atoms with E-state index in [9.17, 15) is 18.0 Å². The van der Waals surface area contributed by atoms with Gasteiger partial charge in [0.15, 0.2) is 0 Å². The number of aryl methyl sites for hydroxylation is 1. The van der Waals surface area contributed by atoms with Crippen LogP contribution in [0.25, 0.3) is 0 Å². The zero-order valence-electron chi connectivity index (χ0n) is 10.8. The average molecular weight is 278 g/mol. The van der Waals surface area contributed by atoms with Crippen LogP contribution in [-0.2, 0) is 11.8 Å². The summed E-state index contributed by atoms with van der Waals surface area (Å²) in [4.78, 5) is 12.7. The van der Waals surface area contributed by atoms with E-state index in [0.717, 1.165) is 4.90 Å². The lowest BCUT2D eigenvalue weighted by Gasteiger charge is -2.25. The van der Waals surface area contributed by atoms with Crippen LogP contribution in [0.3, 0.4) is 0 Å². The first-order valence-corrected chi connectivity index (χ1v) is 5.84. The Morgan fingerprint density at radius 3 is 2.63 bits per heavy atom. The Kier molecular flexibility index (Phi) is 4.93. The van der Waals surface area contributed by atoms with Crippen molar-refractivity contribution in [1.29, 1.82) is 0 Å². The molecular formula is C11H17F3N4O. The Morgan fingerprint density at radius 1 is 1.58 bits per heavy atom. The van der Waals surface area contributed by atoms with Crippen LogP contribution in [0, 0.1) is 0 Å². The first kappa shape index (κ1) is 15.5. The summed E-state index contributed by atoms with van der Waals surface area (Å²) in [5.41, 5.74) is 6.09. The molecule has 1 atom stereocenters. The van der Waals surface area contributed by atoms with Crippen LogP contribution in [0.4, 0.5) is 13.2 Å². The summed E-state index contributed by atoms with van der Waals surface area (Å²) < 4.78 is 38.7. The SMILES string of the molecule is CCCN(CC(F)(F)F)C(=O)C(N)c1cnn(C)c1. The molecule has 1 aromatic rings. The Hall–Kier alpha value is -1.57. The van der Waals surface area contributed by atoms with Crippen molar-refractivity contribution in [3.05, 3.63) is 18.0 Å². The molecule has 8 heteroatoms. The quantitative estimate of drug-likeness (QED) is 0.880. The number of rotatable bonds is 5. The number of carbonyl (C=O) groups is 1. The van der Waals surface area contributed by atoms with E-state index in [2.05, 4.69) is 5.10 Å². The highest BCUT2D eigenvalue weighted by atomic mass is 19.4. The van der Waals surface area contributed by atoms with Gasteiger partial charge in [0.05, 0.1) is 6.20 Å². The van der Waals surface area contributed by atoms with Gasteiger partial charge >= 0.3 is 6.18 Å². The van der Waals surface area contributed by atoms with Crippen molar-refractivity contribution in [3.63, 3.8) is 0 Å². The second kappa shape index (κ2) is 6.05. The lowest BCUT2D eigenvalue weighted by molar-refractivity contribution is -0.162. The Labute approximate surface area is 109 Å². The second-order valence-electron chi connectivity index (χ2n) is 4.30. The van der Waals surface area contributed by atoms with Crippen LogP contribution >= 0.6 is 0 Å². The van der Waals surface area contributed by atoms with Gasteiger partial charge in [0, 0.05) is 25.4 Å². The monoisotopic (exact) mass is 278 g/mol. The van der Waals surface area contributed by atoms with E-state index in [1.54, 1.807) is 14.0 Å². The van der Waals surface area contributed by atoms with Crippen molar-refractivity contribution in [2.24, 2.45) is 12.8 Å². The summed E-state index contributed by atoms with van der Waals surface area (Å²) in [7, 11) is 1.64. The maximum atomic E-state index is 12.4. The first-order chi connectivity index (χ1) is 8.74.